The quantitative estimate of drug-likeness (QED) is 0.794. The van der Waals surface area contributed by atoms with E-state index in [4.69, 9.17) is 15.2 Å². The van der Waals surface area contributed by atoms with Gasteiger partial charge in [-0.05, 0) is 6.92 Å². The fourth-order valence-corrected chi connectivity index (χ4v) is 1.85. The summed E-state index contributed by atoms with van der Waals surface area (Å²) in [4.78, 5) is 0. The summed E-state index contributed by atoms with van der Waals surface area (Å²) in [5.74, 6) is -9.04. The molecule has 136 valence electrons. The zero-order valence-electron chi connectivity index (χ0n) is 12.9. The Bertz CT molecular complexity index is 672. The monoisotopic (exact) mass is 365 g/mol. The van der Waals surface area contributed by atoms with Crippen molar-refractivity contribution in [2.24, 2.45) is 5.73 Å². The molecule has 0 atom stereocenters. The maximum atomic E-state index is 13.5. The van der Waals surface area contributed by atoms with Crippen molar-refractivity contribution in [2.75, 3.05) is 13.2 Å². The van der Waals surface area contributed by atoms with E-state index in [0.717, 1.165) is 0 Å². The minimum atomic E-state index is -1.43. The van der Waals surface area contributed by atoms with Crippen LogP contribution in [0, 0.1) is 34.9 Å². The highest BCUT2D eigenvalue weighted by atomic mass is 19.2. The minimum absolute atomic E-state index is 0.423. The van der Waals surface area contributed by atoms with Gasteiger partial charge in [0.15, 0.2) is 34.8 Å². The van der Waals surface area contributed by atoms with Gasteiger partial charge in [0, 0.05) is 24.3 Å². The SMILES string of the molecule is CC(N)(COc1c(F)cc(F)cc1F)COc1c(F)cc(F)cc1F. The van der Waals surface area contributed by atoms with E-state index in [1.165, 1.54) is 6.92 Å². The van der Waals surface area contributed by atoms with E-state index in [2.05, 4.69) is 0 Å². The largest absolute Gasteiger partial charge is 0.486 e. The lowest BCUT2D eigenvalue weighted by Crippen LogP contribution is -2.48. The van der Waals surface area contributed by atoms with Crippen LogP contribution in [0.4, 0.5) is 26.3 Å². The number of halogens is 6. The van der Waals surface area contributed by atoms with Crippen LogP contribution in [-0.2, 0) is 0 Å². The summed E-state index contributed by atoms with van der Waals surface area (Å²) >= 11 is 0. The first kappa shape index (κ1) is 18.9. The zero-order valence-corrected chi connectivity index (χ0v) is 12.9. The number of ether oxygens (including phenoxy) is 2. The van der Waals surface area contributed by atoms with Crippen LogP contribution in [0.1, 0.15) is 6.92 Å². The van der Waals surface area contributed by atoms with Gasteiger partial charge in [0.2, 0.25) is 0 Å². The molecule has 0 aliphatic heterocycles. The van der Waals surface area contributed by atoms with Gasteiger partial charge >= 0.3 is 0 Å². The Balaban J connectivity index is 2.03. The van der Waals surface area contributed by atoms with Gasteiger partial charge in [-0.25, -0.2) is 26.3 Å². The molecule has 0 fully saturated rings. The molecule has 0 bridgehead atoms. The average molecular weight is 365 g/mol. The van der Waals surface area contributed by atoms with Crippen LogP contribution < -0.4 is 15.2 Å². The summed E-state index contributed by atoms with van der Waals surface area (Å²) < 4.78 is 89.3. The molecular weight excluding hydrogens is 352 g/mol. The van der Waals surface area contributed by atoms with E-state index < -0.39 is 65.2 Å². The first-order valence-corrected chi connectivity index (χ1v) is 6.92. The van der Waals surface area contributed by atoms with E-state index in [1.807, 2.05) is 0 Å². The highest BCUT2D eigenvalue weighted by Crippen LogP contribution is 2.25. The van der Waals surface area contributed by atoms with Crippen molar-refractivity contribution in [1.29, 1.82) is 0 Å². The van der Waals surface area contributed by atoms with Gasteiger partial charge in [0.05, 0.1) is 5.54 Å². The zero-order chi connectivity index (χ0) is 18.8. The van der Waals surface area contributed by atoms with Gasteiger partial charge in [-0.15, -0.1) is 0 Å². The Morgan fingerprint density at radius 2 is 1.00 bits per heavy atom. The van der Waals surface area contributed by atoms with E-state index in [0.29, 0.717) is 24.3 Å². The van der Waals surface area contributed by atoms with Crippen LogP contribution in [0.5, 0.6) is 11.5 Å². The molecule has 2 N–H and O–H groups in total. The molecule has 25 heavy (non-hydrogen) atoms. The number of rotatable bonds is 6. The van der Waals surface area contributed by atoms with Crippen molar-refractivity contribution in [3.05, 3.63) is 59.2 Å². The Morgan fingerprint density at radius 1 is 0.720 bits per heavy atom. The molecule has 0 aliphatic rings. The van der Waals surface area contributed by atoms with Gasteiger partial charge in [0.25, 0.3) is 0 Å². The summed E-state index contributed by atoms with van der Waals surface area (Å²) in [5, 5.41) is 0. The molecule has 2 aromatic rings. The predicted octanol–water partition coefficient (Wildman–Crippen LogP) is 3.70. The third kappa shape index (κ3) is 4.79. The van der Waals surface area contributed by atoms with Crippen molar-refractivity contribution in [3.63, 3.8) is 0 Å². The predicted molar refractivity (Wildman–Crippen MR) is 76.2 cm³/mol. The topological polar surface area (TPSA) is 44.5 Å². The minimum Gasteiger partial charge on any atom is -0.486 e. The van der Waals surface area contributed by atoms with Gasteiger partial charge in [-0.1, -0.05) is 0 Å². The molecule has 2 aromatic carbocycles. The number of hydrogen-bond acceptors (Lipinski definition) is 3. The van der Waals surface area contributed by atoms with Crippen molar-refractivity contribution < 1.29 is 35.8 Å². The van der Waals surface area contributed by atoms with Gasteiger partial charge in [-0.3, -0.25) is 0 Å². The third-order valence-electron chi connectivity index (χ3n) is 3.02. The molecule has 2 rings (SSSR count). The van der Waals surface area contributed by atoms with Gasteiger partial charge in [0.1, 0.15) is 24.8 Å². The summed E-state index contributed by atoms with van der Waals surface area (Å²) in [6.45, 7) is 0.291. The van der Waals surface area contributed by atoms with Crippen LogP contribution in [0.3, 0.4) is 0 Å². The maximum absolute atomic E-state index is 13.5. The van der Waals surface area contributed by atoms with Crippen molar-refractivity contribution in [1.82, 2.24) is 0 Å². The Kier molecular flexibility index (Phi) is 5.46. The molecule has 0 saturated heterocycles. The smallest absolute Gasteiger partial charge is 0.190 e. The fraction of sp³-hybridized carbons (Fsp3) is 0.250. The van der Waals surface area contributed by atoms with Crippen molar-refractivity contribution in [3.8, 4) is 11.5 Å². The molecule has 0 unspecified atom stereocenters. The van der Waals surface area contributed by atoms with Crippen LogP contribution in [0.25, 0.3) is 0 Å². The highest BCUT2D eigenvalue weighted by Gasteiger charge is 2.25. The lowest BCUT2D eigenvalue weighted by Gasteiger charge is -2.25. The van der Waals surface area contributed by atoms with Crippen LogP contribution in [0.15, 0.2) is 24.3 Å². The fourth-order valence-electron chi connectivity index (χ4n) is 1.85. The second-order valence-corrected chi connectivity index (χ2v) is 5.63. The van der Waals surface area contributed by atoms with Crippen LogP contribution in [-0.4, -0.2) is 18.8 Å². The second kappa shape index (κ2) is 7.22. The molecular formula is C16H13F6NO2. The number of hydrogen-bond donors (Lipinski definition) is 1. The maximum Gasteiger partial charge on any atom is 0.190 e. The average Bonchev–Trinajstić information content (AvgIpc) is 2.44. The highest BCUT2D eigenvalue weighted by molar-refractivity contribution is 5.28. The lowest BCUT2D eigenvalue weighted by atomic mass is 10.1. The van der Waals surface area contributed by atoms with Gasteiger partial charge in [-0.2, -0.15) is 0 Å². The van der Waals surface area contributed by atoms with Gasteiger partial charge < -0.3 is 15.2 Å². The molecule has 0 radical (unpaired) electrons. The Labute approximate surface area is 139 Å². The first-order chi connectivity index (χ1) is 11.6. The Morgan fingerprint density at radius 3 is 1.28 bits per heavy atom. The van der Waals surface area contributed by atoms with Crippen molar-refractivity contribution in [2.45, 2.75) is 12.5 Å². The summed E-state index contributed by atoms with van der Waals surface area (Å²) in [5.41, 5.74) is 4.35. The normalized spacial score (nSPS) is 11.5. The summed E-state index contributed by atoms with van der Waals surface area (Å²) in [6.07, 6.45) is 0. The second-order valence-electron chi connectivity index (χ2n) is 5.63. The molecule has 3 nitrogen and oxygen atoms in total. The molecule has 0 saturated carbocycles. The van der Waals surface area contributed by atoms with Crippen LogP contribution in [0.2, 0.25) is 0 Å². The molecule has 0 amide bonds. The lowest BCUT2D eigenvalue weighted by molar-refractivity contribution is 0.145. The molecule has 0 heterocycles. The van der Waals surface area contributed by atoms with E-state index in [-0.39, 0.29) is 0 Å². The molecule has 0 aromatic heterocycles. The Hall–Kier alpha value is -2.42. The summed E-state index contributed by atoms with van der Waals surface area (Å²) in [7, 11) is 0. The summed E-state index contributed by atoms with van der Waals surface area (Å²) in [6, 6.07) is 1.69. The van der Waals surface area contributed by atoms with E-state index >= 15 is 0 Å². The number of nitrogens with two attached hydrogens (primary N) is 1. The van der Waals surface area contributed by atoms with Crippen molar-refractivity contribution >= 4 is 0 Å². The van der Waals surface area contributed by atoms with E-state index in [9.17, 15) is 26.3 Å². The third-order valence-corrected chi connectivity index (χ3v) is 3.02. The number of benzene rings is 2. The molecule has 0 aliphatic carbocycles. The first-order valence-electron chi connectivity index (χ1n) is 6.92. The molecule has 0 spiro atoms. The standard InChI is InChI=1S/C16H13F6NO2/c1-16(23,6-24-14-10(19)2-8(17)3-11(14)20)7-25-15-12(21)4-9(18)5-13(15)22/h2-5H,6-7,23H2,1H3. The van der Waals surface area contributed by atoms with E-state index in [1.54, 1.807) is 0 Å². The molecule has 9 heteroatoms. The van der Waals surface area contributed by atoms with Crippen LogP contribution >= 0.6 is 0 Å².